The maximum atomic E-state index is 12.0. The number of carbonyl (C=O) groups is 2. The third-order valence-electron chi connectivity index (χ3n) is 3.28. The minimum atomic E-state index is -1.04. The molecule has 1 aliphatic heterocycles. The molecule has 0 unspecified atom stereocenters. The van der Waals surface area contributed by atoms with Gasteiger partial charge in [0.05, 0.1) is 11.3 Å². The molecule has 0 saturated carbocycles. The van der Waals surface area contributed by atoms with Gasteiger partial charge >= 0.3 is 5.97 Å². The number of hydrogen-bond donors (Lipinski definition) is 3. The van der Waals surface area contributed by atoms with Crippen molar-refractivity contribution in [3.05, 3.63) is 40.5 Å². The molecular weight excluding hydrogens is 244 g/mol. The molecule has 1 aromatic carbocycles. The van der Waals surface area contributed by atoms with Crippen LogP contribution in [0.4, 0.5) is 5.69 Å². The number of carbonyl (C=O) groups excluding carboxylic acids is 1. The van der Waals surface area contributed by atoms with E-state index in [2.05, 4.69) is 10.6 Å². The first-order valence-corrected chi connectivity index (χ1v) is 6.04. The van der Waals surface area contributed by atoms with Crippen LogP contribution in [0.3, 0.4) is 0 Å². The SMILES string of the molecule is CC(C(=O)Nc1cccc(C)c1C(=O)O)=C1CNC1. The Bertz CT molecular complexity index is 570. The summed E-state index contributed by atoms with van der Waals surface area (Å²) in [6.07, 6.45) is 0. The minimum Gasteiger partial charge on any atom is -0.478 e. The minimum absolute atomic E-state index is 0.139. The van der Waals surface area contributed by atoms with E-state index in [0.717, 1.165) is 18.7 Å². The van der Waals surface area contributed by atoms with Crippen molar-refractivity contribution in [2.45, 2.75) is 13.8 Å². The fourth-order valence-corrected chi connectivity index (χ4v) is 1.95. The molecular formula is C14H16N2O3. The molecule has 2 rings (SSSR count). The van der Waals surface area contributed by atoms with Gasteiger partial charge in [-0.15, -0.1) is 0 Å². The normalized spacial score (nSPS) is 13.7. The monoisotopic (exact) mass is 260 g/mol. The number of carboxylic acids is 1. The van der Waals surface area contributed by atoms with Crippen molar-refractivity contribution in [3.63, 3.8) is 0 Å². The Morgan fingerprint density at radius 1 is 1.32 bits per heavy atom. The number of aromatic carboxylic acids is 1. The third-order valence-corrected chi connectivity index (χ3v) is 3.28. The van der Waals surface area contributed by atoms with Gasteiger partial charge in [0, 0.05) is 18.7 Å². The first-order valence-electron chi connectivity index (χ1n) is 6.04. The molecule has 3 N–H and O–H groups in total. The number of carboxylic acid groups (broad SMARTS) is 1. The second kappa shape index (κ2) is 5.24. The predicted octanol–water partition coefficient (Wildman–Crippen LogP) is 1.55. The highest BCUT2D eigenvalue weighted by Crippen LogP contribution is 2.21. The molecule has 0 radical (unpaired) electrons. The molecule has 0 atom stereocenters. The standard InChI is InChI=1S/C14H16N2O3/c1-8-4-3-5-11(12(8)14(18)19)16-13(17)9(2)10-6-15-7-10/h3-5,15H,6-7H2,1-2H3,(H,16,17)(H,18,19). The van der Waals surface area contributed by atoms with E-state index in [9.17, 15) is 14.7 Å². The second-order valence-electron chi connectivity index (χ2n) is 4.59. The fraction of sp³-hybridized carbons (Fsp3) is 0.286. The first kappa shape index (κ1) is 13.3. The van der Waals surface area contributed by atoms with Gasteiger partial charge in [0.25, 0.3) is 5.91 Å². The largest absolute Gasteiger partial charge is 0.478 e. The molecule has 0 spiro atoms. The molecule has 1 saturated heterocycles. The second-order valence-corrected chi connectivity index (χ2v) is 4.59. The Balaban J connectivity index is 2.26. The Kier molecular flexibility index (Phi) is 3.66. The number of aryl methyl sites for hydroxylation is 1. The van der Waals surface area contributed by atoms with Crippen LogP contribution >= 0.6 is 0 Å². The highest BCUT2D eigenvalue weighted by molar-refractivity contribution is 6.08. The van der Waals surface area contributed by atoms with Crippen molar-refractivity contribution in [1.82, 2.24) is 5.32 Å². The molecule has 5 heteroatoms. The fourth-order valence-electron chi connectivity index (χ4n) is 1.95. The van der Waals surface area contributed by atoms with Gasteiger partial charge in [-0.25, -0.2) is 4.79 Å². The average molecular weight is 260 g/mol. The van der Waals surface area contributed by atoms with Crippen molar-refractivity contribution in [2.24, 2.45) is 0 Å². The number of hydrogen-bond acceptors (Lipinski definition) is 3. The van der Waals surface area contributed by atoms with E-state index in [1.54, 1.807) is 32.0 Å². The van der Waals surface area contributed by atoms with Crippen LogP contribution < -0.4 is 10.6 Å². The van der Waals surface area contributed by atoms with Gasteiger partial charge in [0.15, 0.2) is 0 Å². The number of benzene rings is 1. The first-order chi connectivity index (χ1) is 9.00. The van der Waals surface area contributed by atoms with E-state index in [0.29, 0.717) is 16.8 Å². The van der Waals surface area contributed by atoms with Crippen LogP contribution in [0, 0.1) is 6.92 Å². The molecule has 1 heterocycles. The summed E-state index contributed by atoms with van der Waals surface area (Å²) >= 11 is 0. The topological polar surface area (TPSA) is 78.4 Å². The zero-order valence-electron chi connectivity index (χ0n) is 10.9. The summed E-state index contributed by atoms with van der Waals surface area (Å²) in [7, 11) is 0. The summed E-state index contributed by atoms with van der Waals surface area (Å²) in [5, 5.41) is 14.9. The van der Waals surface area contributed by atoms with Crippen molar-refractivity contribution in [1.29, 1.82) is 0 Å². The van der Waals surface area contributed by atoms with Gasteiger partial charge in [0.2, 0.25) is 0 Å². The lowest BCUT2D eigenvalue weighted by Gasteiger charge is -2.21. The molecule has 1 amide bonds. The highest BCUT2D eigenvalue weighted by atomic mass is 16.4. The van der Waals surface area contributed by atoms with Crippen molar-refractivity contribution < 1.29 is 14.7 Å². The van der Waals surface area contributed by atoms with Crippen LogP contribution in [0.15, 0.2) is 29.3 Å². The number of nitrogens with one attached hydrogen (secondary N) is 2. The van der Waals surface area contributed by atoms with E-state index in [4.69, 9.17) is 0 Å². The number of amides is 1. The van der Waals surface area contributed by atoms with Crippen LogP contribution in [0.2, 0.25) is 0 Å². The van der Waals surface area contributed by atoms with Gasteiger partial charge in [-0.1, -0.05) is 12.1 Å². The number of anilines is 1. The Morgan fingerprint density at radius 2 is 2.00 bits per heavy atom. The Hall–Kier alpha value is -2.14. The summed E-state index contributed by atoms with van der Waals surface area (Å²) in [6.45, 7) is 4.90. The lowest BCUT2D eigenvalue weighted by Crippen LogP contribution is -2.36. The van der Waals surface area contributed by atoms with E-state index < -0.39 is 5.97 Å². The summed E-state index contributed by atoms with van der Waals surface area (Å²) in [4.78, 5) is 23.3. The van der Waals surface area contributed by atoms with Crippen LogP contribution in [0.5, 0.6) is 0 Å². The van der Waals surface area contributed by atoms with Gasteiger partial charge in [-0.05, 0) is 31.1 Å². The smallest absolute Gasteiger partial charge is 0.338 e. The Labute approximate surface area is 111 Å². The summed E-state index contributed by atoms with van der Waals surface area (Å²) < 4.78 is 0. The lowest BCUT2D eigenvalue weighted by molar-refractivity contribution is -0.112. The van der Waals surface area contributed by atoms with E-state index >= 15 is 0 Å². The van der Waals surface area contributed by atoms with Crippen LogP contribution in [-0.2, 0) is 4.79 Å². The summed E-state index contributed by atoms with van der Waals surface area (Å²) in [5.74, 6) is -1.28. The van der Waals surface area contributed by atoms with Crippen molar-refractivity contribution in [2.75, 3.05) is 18.4 Å². The van der Waals surface area contributed by atoms with Gasteiger partial charge < -0.3 is 15.7 Å². The van der Waals surface area contributed by atoms with Gasteiger partial charge in [-0.2, -0.15) is 0 Å². The van der Waals surface area contributed by atoms with Crippen LogP contribution in [0.25, 0.3) is 0 Å². The molecule has 1 fully saturated rings. The van der Waals surface area contributed by atoms with E-state index in [1.165, 1.54) is 0 Å². The quantitative estimate of drug-likeness (QED) is 0.720. The van der Waals surface area contributed by atoms with Crippen LogP contribution in [0.1, 0.15) is 22.8 Å². The molecule has 0 aromatic heterocycles. The molecule has 19 heavy (non-hydrogen) atoms. The Morgan fingerprint density at radius 3 is 2.53 bits per heavy atom. The van der Waals surface area contributed by atoms with Crippen molar-refractivity contribution in [3.8, 4) is 0 Å². The molecule has 0 aliphatic carbocycles. The lowest BCUT2D eigenvalue weighted by atomic mass is 10.0. The van der Waals surface area contributed by atoms with Crippen molar-refractivity contribution >= 4 is 17.6 Å². The average Bonchev–Trinajstić information content (AvgIpc) is 2.25. The molecule has 5 nitrogen and oxygen atoms in total. The molecule has 100 valence electrons. The zero-order chi connectivity index (χ0) is 14.0. The maximum Gasteiger partial charge on any atom is 0.338 e. The maximum absolute atomic E-state index is 12.0. The summed E-state index contributed by atoms with van der Waals surface area (Å²) in [6, 6.07) is 5.04. The predicted molar refractivity (Wildman–Crippen MR) is 72.3 cm³/mol. The molecule has 0 bridgehead atoms. The zero-order valence-corrected chi connectivity index (χ0v) is 10.9. The highest BCUT2D eigenvalue weighted by Gasteiger charge is 2.19. The van der Waals surface area contributed by atoms with Gasteiger partial charge in [-0.3, -0.25) is 4.79 Å². The van der Waals surface area contributed by atoms with E-state index in [-0.39, 0.29) is 11.5 Å². The molecule has 1 aliphatic rings. The number of rotatable bonds is 3. The van der Waals surface area contributed by atoms with Crippen LogP contribution in [-0.4, -0.2) is 30.1 Å². The summed E-state index contributed by atoms with van der Waals surface area (Å²) in [5.41, 5.74) is 2.81. The van der Waals surface area contributed by atoms with Gasteiger partial charge in [0.1, 0.15) is 0 Å². The third kappa shape index (κ3) is 2.66. The molecule has 1 aromatic rings. The van der Waals surface area contributed by atoms with E-state index in [1.807, 2.05) is 0 Å².